The molecule has 0 amide bonds. The normalized spacial score (nSPS) is 12.8. The van der Waals surface area contributed by atoms with E-state index in [1.807, 2.05) is 26.0 Å². The first-order valence-electron chi connectivity index (χ1n) is 9.35. The van der Waals surface area contributed by atoms with Gasteiger partial charge in [-0.1, -0.05) is 49.7 Å². The summed E-state index contributed by atoms with van der Waals surface area (Å²) in [5.74, 6) is -0.854. The van der Waals surface area contributed by atoms with Crippen LogP contribution in [0.3, 0.4) is 0 Å². The number of carboxylic acid groups (broad SMARTS) is 1. The Morgan fingerprint density at radius 3 is 2.45 bits per heavy atom. The van der Waals surface area contributed by atoms with Crippen LogP contribution in [-0.4, -0.2) is 28.5 Å². The Bertz CT molecular complexity index is 1130. The average molecular weight is 454 g/mol. The van der Waals surface area contributed by atoms with Crippen molar-refractivity contribution in [3.05, 3.63) is 53.1 Å². The average Bonchev–Trinajstić information content (AvgIpc) is 2.67. The first-order chi connectivity index (χ1) is 14.5. The lowest BCUT2D eigenvalue weighted by Crippen LogP contribution is -2.31. The van der Waals surface area contributed by atoms with Crippen molar-refractivity contribution >= 4 is 28.7 Å². The van der Waals surface area contributed by atoms with Gasteiger partial charge in [-0.3, -0.25) is 0 Å². The molecule has 9 heteroatoms. The van der Waals surface area contributed by atoms with Gasteiger partial charge in [0.1, 0.15) is 0 Å². The first kappa shape index (κ1) is 22.7. The molecule has 0 fully saturated rings. The summed E-state index contributed by atoms with van der Waals surface area (Å²) in [6.07, 6.45) is -8.64. The van der Waals surface area contributed by atoms with Gasteiger partial charge >= 0.3 is 12.3 Å². The summed E-state index contributed by atoms with van der Waals surface area (Å²) >= 11 is 6.14. The third-order valence-electron chi connectivity index (χ3n) is 4.65. The molecule has 0 bridgehead atoms. The van der Waals surface area contributed by atoms with Crippen molar-refractivity contribution in [1.29, 1.82) is 0 Å². The van der Waals surface area contributed by atoms with Crippen LogP contribution in [0.4, 0.5) is 18.0 Å². The van der Waals surface area contributed by atoms with Crippen molar-refractivity contribution in [3.63, 3.8) is 0 Å². The molecule has 0 radical (unpaired) electrons. The zero-order valence-electron chi connectivity index (χ0n) is 16.8. The van der Waals surface area contributed by atoms with Crippen LogP contribution in [0.5, 0.6) is 11.6 Å². The predicted molar refractivity (Wildman–Crippen MR) is 111 cm³/mol. The van der Waals surface area contributed by atoms with E-state index in [2.05, 4.69) is 4.98 Å². The van der Waals surface area contributed by atoms with E-state index in [1.165, 1.54) is 12.1 Å². The summed E-state index contributed by atoms with van der Waals surface area (Å²) in [5, 5.41) is 10.0. The fraction of sp³-hybridized carbons (Fsp3) is 0.273. The monoisotopic (exact) mass is 453 g/mol. The van der Waals surface area contributed by atoms with Gasteiger partial charge in [0.2, 0.25) is 5.75 Å². The zero-order valence-corrected chi connectivity index (χ0v) is 17.6. The molecule has 0 aliphatic carbocycles. The molecule has 31 heavy (non-hydrogen) atoms. The van der Waals surface area contributed by atoms with E-state index in [0.29, 0.717) is 16.0 Å². The summed E-state index contributed by atoms with van der Waals surface area (Å²) in [7, 11) is 0. The molecule has 1 aromatic heterocycles. The highest BCUT2D eigenvalue weighted by molar-refractivity contribution is 6.31. The second-order valence-electron chi connectivity index (χ2n) is 7.23. The summed E-state index contributed by atoms with van der Waals surface area (Å²) < 4.78 is 49.3. The maximum atomic E-state index is 13.1. The summed E-state index contributed by atoms with van der Waals surface area (Å²) in [4.78, 5) is 15.5. The Hall–Kier alpha value is -3.00. The highest BCUT2D eigenvalue weighted by Crippen LogP contribution is 2.44. The minimum absolute atomic E-state index is 0.154. The number of nitrogens with zero attached hydrogens (tertiary/aromatic N) is 1. The summed E-state index contributed by atoms with van der Waals surface area (Å²) in [6, 6.07) is 11.8. The number of hydrogen-bond acceptors (Lipinski definition) is 4. The Kier molecular flexibility index (Phi) is 6.31. The number of fused-ring (bicyclic) bond motifs is 1. The van der Waals surface area contributed by atoms with Crippen LogP contribution in [0.25, 0.3) is 22.0 Å². The molecule has 1 N–H and O–H groups in total. The highest BCUT2D eigenvalue weighted by Gasteiger charge is 2.39. The smallest absolute Gasteiger partial charge is 0.462 e. The van der Waals surface area contributed by atoms with E-state index in [9.17, 15) is 23.1 Å². The van der Waals surface area contributed by atoms with Gasteiger partial charge in [0.25, 0.3) is 5.88 Å². The summed E-state index contributed by atoms with van der Waals surface area (Å²) in [5.41, 5.74) is 1.97. The van der Waals surface area contributed by atoms with Gasteiger partial charge in [0.05, 0.1) is 5.52 Å². The number of hydrogen-bond donors (Lipinski definition) is 1. The van der Waals surface area contributed by atoms with Crippen LogP contribution in [-0.2, 0) is 0 Å². The van der Waals surface area contributed by atoms with Crippen molar-refractivity contribution < 1.29 is 32.5 Å². The van der Waals surface area contributed by atoms with Gasteiger partial charge in [-0.2, -0.15) is 13.2 Å². The molecule has 0 spiro atoms. The summed E-state index contributed by atoms with van der Waals surface area (Å²) in [6.45, 7) is 4.76. The van der Waals surface area contributed by atoms with Crippen molar-refractivity contribution in [2.75, 3.05) is 0 Å². The minimum Gasteiger partial charge on any atom is -0.462 e. The molecule has 0 aliphatic heterocycles. The number of alkyl halides is 3. The molecule has 3 rings (SSSR count). The molecule has 1 atom stereocenters. The van der Waals surface area contributed by atoms with Crippen LogP contribution in [0.2, 0.25) is 5.02 Å². The van der Waals surface area contributed by atoms with Gasteiger partial charge in [-0.25, -0.2) is 9.78 Å². The highest BCUT2D eigenvalue weighted by atomic mass is 35.5. The standard InChI is InChI=1S/C22H19ClF3NO4/c1-11(2)13-5-4-6-14(9-13)18-16-10-15(23)7-8-17(16)27-20(19(18)31-21(28)29)30-12(3)22(24,25)26/h4-12H,1-3H3,(H,28,29). The van der Waals surface area contributed by atoms with Crippen molar-refractivity contribution in [2.45, 2.75) is 39.0 Å². The first-order valence-corrected chi connectivity index (χ1v) is 9.73. The van der Waals surface area contributed by atoms with Gasteiger partial charge in [0.15, 0.2) is 6.10 Å². The largest absolute Gasteiger partial charge is 0.511 e. The Balaban J connectivity index is 2.36. The Labute approximate surface area is 181 Å². The fourth-order valence-electron chi connectivity index (χ4n) is 3.03. The van der Waals surface area contributed by atoms with E-state index in [1.54, 1.807) is 18.2 Å². The lowest BCUT2D eigenvalue weighted by Gasteiger charge is -2.21. The second kappa shape index (κ2) is 8.63. The quantitative estimate of drug-likeness (QED) is 0.418. The number of benzene rings is 2. The Morgan fingerprint density at radius 2 is 1.84 bits per heavy atom. The molecule has 1 heterocycles. The number of halogens is 4. The number of rotatable bonds is 5. The van der Waals surface area contributed by atoms with Gasteiger partial charge in [0, 0.05) is 16.0 Å². The third kappa shape index (κ3) is 5.02. The molecule has 0 aliphatic rings. The van der Waals surface area contributed by atoms with Crippen LogP contribution in [0.1, 0.15) is 32.3 Å². The van der Waals surface area contributed by atoms with Crippen molar-refractivity contribution in [1.82, 2.24) is 4.98 Å². The fourth-order valence-corrected chi connectivity index (χ4v) is 3.20. The van der Waals surface area contributed by atoms with Crippen molar-refractivity contribution in [2.24, 2.45) is 0 Å². The third-order valence-corrected chi connectivity index (χ3v) is 4.89. The second-order valence-corrected chi connectivity index (χ2v) is 7.67. The molecule has 0 saturated carbocycles. The molecule has 2 aromatic carbocycles. The maximum Gasteiger partial charge on any atom is 0.511 e. The van der Waals surface area contributed by atoms with Gasteiger partial charge in [-0.05, 0) is 42.2 Å². The molecule has 0 saturated heterocycles. The number of pyridine rings is 1. The minimum atomic E-state index is -4.69. The van der Waals surface area contributed by atoms with Gasteiger partial charge in [-0.15, -0.1) is 0 Å². The zero-order chi connectivity index (χ0) is 22.9. The molecule has 5 nitrogen and oxygen atoms in total. The predicted octanol–water partition coefficient (Wildman–Crippen LogP) is 7.07. The van der Waals surface area contributed by atoms with Crippen LogP contribution < -0.4 is 9.47 Å². The lowest BCUT2D eigenvalue weighted by molar-refractivity contribution is -0.190. The molecule has 164 valence electrons. The number of carbonyl (C=O) groups is 1. The molecule has 1 unspecified atom stereocenters. The van der Waals surface area contributed by atoms with Gasteiger partial charge < -0.3 is 14.6 Å². The SMILES string of the molecule is CC(C)c1cccc(-c2c(OC(=O)O)c(OC(C)C(F)(F)F)nc3ccc(Cl)cc23)c1. The van der Waals surface area contributed by atoms with E-state index < -0.39 is 30.1 Å². The lowest BCUT2D eigenvalue weighted by atomic mass is 9.95. The Morgan fingerprint density at radius 1 is 1.13 bits per heavy atom. The topological polar surface area (TPSA) is 68.7 Å². The van der Waals surface area contributed by atoms with Crippen molar-refractivity contribution in [3.8, 4) is 22.8 Å². The maximum absolute atomic E-state index is 13.1. The number of ether oxygens (including phenoxy) is 2. The molecule has 3 aromatic rings. The van der Waals surface area contributed by atoms with E-state index in [-0.39, 0.29) is 17.0 Å². The van der Waals surface area contributed by atoms with Crippen LogP contribution >= 0.6 is 11.6 Å². The number of aromatic nitrogens is 1. The van der Waals surface area contributed by atoms with Crippen LogP contribution in [0.15, 0.2) is 42.5 Å². The van der Waals surface area contributed by atoms with E-state index >= 15 is 0 Å². The van der Waals surface area contributed by atoms with E-state index in [0.717, 1.165) is 12.5 Å². The molecular formula is C22H19ClF3NO4. The van der Waals surface area contributed by atoms with Crippen LogP contribution in [0, 0.1) is 0 Å². The van der Waals surface area contributed by atoms with E-state index in [4.69, 9.17) is 21.1 Å². The molecular weight excluding hydrogens is 435 g/mol.